The van der Waals surface area contributed by atoms with Crippen LogP contribution < -0.4 is 0 Å². The summed E-state index contributed by atoms with van der Waals surface area (Å²) in [4.78, 5) is 14.8. The van der Waals surface area contributed by atoms with Crippen molar-refractivity contribution in [3.63, 3.8) is 0 Å². The zero-order chi connectivity index (χ0) is 10.0. The van der Waals surface area contributed by atoms with Gasteiger partial charge in [0.1, 0.15) is 16.7 Å². The summed E-state index contributed by atoms with van der Waals surface area (Å²) in [6, 6.07) is 0. The van der Waals surface area contributed by atoms with Crippen molar-refractivity contribution in [3.8, 4) is 0 Å². The van der Waals surface area contributed by atoms with Gasteiger partial charge >= 0.3 is 5.97 Å². The molecular weight excluding hydrogens is 188 g/mol. The molecule has 1 aromatic rings. The molecule has 13 heavy (non-hydrogen) atoms. The van der Waals surface area contributed by atoms with Gasteiger partial charge in [-0.2, -0.15) is 4.37 Å². The molecule has 0 aromatic carbocycles. The monoisotopic (exact) mass is 200 g/mol. The Hall–Kier alpha value is -0.970. The quantitative estimate of drug-likeness (QED) is 0.808. The average Bonchev–Trinajstić information content (AvgIpc) is 2.50. The number of rotatable bonds is 3. The van der Waals surface area contributed by atoms with Gasteiger partial charge < -0.3 is 5.11 Å². The molecule has 1 heterocycles. The number of hydrogen-bond donors (Lipinski definition) is 1. The van der Waals surface area contributed by atoms with Gasteiger partial charge in [-0.1, -0.05) is 13.8 Å². The summed E-state index contributed by atoms with van der Waals surface area (Å²) >= 11 is 1.17. The Morgan fingerprint density at radius 3 is 2.46 bits per heavy atom. The summed E-state index contributed by atoms with van der Waals surface area (Å²) in [5.74, 6) is -0.421. The van der Waals surface area contributed by atoms with Crippen LogP contribution in [0.2, 0.25) is 0 Å². The van der Waals surface area contributed by atoms with Crippen LogP contribution in [0.1, 0.15) is 43.4 Å². The molecule has 0 fully saturated rings. The lowest BCUT2D eigenvalue weighted by molar-refractivity contribution is -0.138. The number of aliphatic carboxylic acids is 1. The third-order valence-electron chi connectivity index (χ3n) is 1.71. The van der Waals surface area contributed by atoms with E-state index < -0.39 is 11.9 Å². The molecule has 1 atom stereocenters. The third-order valence-corrected chi connectivity index (χ3v) is 2.62. The molecule has 1 aromatic heterocycles. The van der Waals surface area contributed by atoms with E-state index in [1.807, 2.05) is 13.8 Å². The van der Waals surface area contributed by atoms with E-state index in [2.05, 4.69) is 9.36 Å². The zero-order valence-corrected chi connectivity index (χ0v) is 8.63. The fourth-order valence-electron chi connectivity index (χ4n) is 0.763. The zero-order valence-electron chi connectivity index (χ0n) is 7.81. The Labute approximate surface area is 80.8 Å². The fourth-order valence-corrected chi connectivity index (χ4v) is 1.60. The van der Waals surface area contributed by atoms with Gasteiger partial charge in [0.25, 0.3) is 0 Å². The van der Waals surface area contributed by atoms with Gasteiger partial charge in [0.15, 0.2) is 0 Å². The van der Waals surface area contributed by atoms with E-state index in [9.17, 15) is 4.79 Å². The van der Waals surface area contributed by atoms with Crippen LogP contribution >= 0.6 is 11.5 Å². The van der Waals surface area contributed by atoms with Crippen LogP contribution in [0.3, 0.4) is 0 Å². The molecular formula is C8H12N2O2S. The molecule has 5 heteroatoms. The first-order valence-corrected chi connectivity index (χ1v) is 4.86. The smallest absolute Gasteiger partial charge is 0.313 e. The summed E-state index contributed by atoms with van der Waals surface area (Å²) < 4.78 is 4.09. The van der Waals surface area contributed by atoms with Gasteiger partial charge in [-0.25, -0.2) is 4.98 Å². The standard InChI is InChI=1S/C8H12N2O2S/c1-4(2)6-9-7(13-10-6)5(3)8(11)12/h4-5H,1-3H3,(H,11,12). The SMILES string of the molecule is CC(C)c1nsc(C(C)C(=O)O)n1. The summed E-state index contributed by atoms with van der Waals surface area (Å²) in [6.07, 6.45) is 0. The minimum Gasteiger partial charge on any atom is -0.481 e. The van der Waals surface area contributed by atoms with Crippen molar-refractivity contribution in [2.75, 3.05) is 0 Å². The second-order valence-corrected chi connectivity index (χ2v) is 3.99. The highest BCUT2D eigenvalue weighted by molar-refractivity contribution is 7.05. The molecule has 0 amide bonds. The maximum absolute atomic E-state index is 10.6. The number of carboxylic acids is 1. The lowest BCUT2D eigenvalue weighted by Crippen LogP contribution is -2.07. The molecule has 0 radical (unpaired) electrons. The minimum absolute atomic E-state index is 0.256. The topological polar surface area (TPSA) is 63.1 Å². The molecule has 0 saturated heterocycles. The predicted molar refractivity (Wildman–Crippen MR) is 50.0 cm³/mol. The number of aromatic nitrogens is 2. The van der Waals surface area contributed by atoms with Crippen molar-refractivity contribution in [1.82, 2.24) is 9.36 Å². The van der Waals surface area contributed by atoms with Crippen LogP contribution in [0.5, 0.6) is 0 Å². The summed E-state index contributed by atoms with van der Waals surface area (Å²) in [6.45, 7) is 5.58. The van der Waals surface area contributed by atoms with E-state index in [0.29, 0.717) is 5.01 Å². The predicted octanol–water partition coefficient (Wildman–Crippen LogP) is 1.85. The highest BCUT2D eigenvalue weighted by atomic mass is 32.1. The Balaban J connectivity index is 2.85. The largest absolute Gasteiger partial charge is 0.481 e. The Kier molecular flexibility index (Phi) is 2.98. The maximum Gasteiger partial charge on any atom is 0.313 e. The number of carbonyl (C=O) groups is 1. The first-order chi connectivity index (χ1) is 6.02. The summed E-state index contributed by atoms with van der Waals surface area (Å²) in [7, 11) is 0. The molecule has 1 rings (SSSR count). The summed E-state index contributed by atoms with van der Waals surface area (Å²) in [5.41, 5.74) is 0. The molecule has 0 spiro atoms. The van der Waals surface area contributed by atoms with Gasteiger partial charge in [-0.3, -0.25) is 4.79 Å². The van der Waals surface area contributed by atoms with Crippen molar-refractivity contribution >= 4 is 17.5 Å². The lowest BCUT2D eigenvalue weighted by atomic mass is 10.2. The van der Waals surface area contributed by atoms with Crippen LogP contribution in [0.4, 0.5) is 0 Å². The molecule has 0 aliphatic rings. The van der Waals surface area contributed by atoms with Crippen LogP contribution in [0.25, 0.3) is 0 Å². The molecule has 4 nitrogen and oxygen atoms in total. The molecule has 0 aliphatic heterocycles. The lowest BCUT2D eigenvalue weighted by Gasteiger charge is -1.99. The first kappa shape index (κ1) is 10.1. The van der Waals surface area contributed by atoms with E-state index in [0.717, 1.165) is 5.82 Å². The minimum atomic E-state index is -0.855. The maximum atomic E-state index is 10.6. The van der Waals surface area contributed by atoms with Crippen molar-refractivity contribution in [2.24, 2.45) is 0 Å². The van der Waals surface area contributed by atoms with Crippen LogP contribution in [0.15, 0.2) is 0 Å². The number of carboxylic acid groups (broad SMARTS) is 1. The second kappa shape index (κ2) is 3.83. The first-order valence-electron chi connectivity index (χ1n) is 4.08. The Bertz CT molecular complexity index is 309. The molecule has 1 unspecified atom stereocenters. The molecule has 0 saturated carbocycles. The molecule has 0 bridgehead atoms. The highest BCUT2D eigenvalue weighted by Crippen LogP contribution is 2.20. The number of hydrogen-bond acceptors (Lipinski definition) is 4. The van der Waals surface area contributed by atoms with Gasteiger partial charge in [0.05, 0.1) is 0 Å². The normalized spacial score (nSPS) is 13.2. The molecule has 72 valence electrons. The molecule has 1 N–H and O–H groups in total. The third kappa shape index (κ3) is 2.24. The Morgan fingerprint density at radius 2 is 2.08 bits per heavy atom. The highest BCUT2D eigenvalue weighted by Gasteiger charge is 2.19. The van der Waals surface area contributed by atoms with Crippen LogP contribution in [-0.4, -0.2) is 20.4 Å². The second-order valence-electron chi connectivity index (χ2n) is 3.21. The van der Waals surface area contributed by atoms with Gasteiger partial charge in [0, 0.05) is 5.92 Å². The molecule has 0 aliphatic carbocycles. The van der Waals surface area contributed by atoms with E-state index in [1.54, 1.807) is 6.92 Å². The van der Waals surface area contributed by atoms with Crippen molar-refractivity contribution in [3.05, 3.63) is 10.8 Å². The van der Waals surface area contributed by atoms with E-state index >= 15 is 0 Å². The van der Waals surface area contributed by atoms with Crippen molar-refractivity contribution < 1.29 is 9.90 Å². The van der Waals surface area contributed by atoms with Crippen molar-refractivity contribution in [1.29, 1.82) is 0 Å². The average molecular weight is 200 g/mol. The number of nitrogens with zero attached hydrogens (tertiary/aromatic N) is 2. The van der Waals surface area contributed by atoms with Crippen LogP contribution in [-0.2, 0) is 4.79 Å². The van der Waals surface area contributed by atoms with Crippen molar-refractivity contribution in [2.45, 2.75) is 32.6 Å². The van der Waals surface area contributed by atoms with Gasteiger partial charge in [0.2, 0.25) is 0 Å². The van der Waals surface area contributed by atoms with Gasteiger partial charge in [-0.05, 0) is 18.5 Å². The van der Waals surface area contributed by atoms with E-state index in [-0.39, 0.29) is 5.92 Å². The fraction of sp³-hybridized carbons (Fsp3) is 0.625. The summed E-state index contributed by atoms with van der Waals surface area (Å²) in [5, 5.41) is 9.30. The Morgan fingerprint density at radius 1 is 1.46 bits per heavy atom. The van der Waals surface area contributed by atoms with E-state index in [1.165, 1.54) is 11.5 Å². The van der Waals surface area contributed by atoms with E-state index in [4.69, 9.17) is 5.11 Å². The van der Waals surface area contributed by atoms with Crippen LogP contribution in [0, 0.1) is 0 Å². The van der Waals surface area contributed by atoms with Gasteiger partial charge in [-0.15, -0.1) is 0 Å².